The van der Waals surface area contributed by atoms with E-state index in [0.29, 0.717) is 11.8 Å². The first-order valence-electron chi connectivity index (χ1n) is 4.27. The van der Waals surface area contributed by atoms with Crippen LogP contribution in [-0.2, 0) is 4.79 Å². The van der Waals surface area contributed by atoms with Crippen molar-refractivity contribution >= 4 is 6.29 Å². The third kappa shape index (κ3) is 1.70. The summed E-state index contributed by atoms with van der Waals surface area (Å²) in [5.41, 5.74) is 1.43. The molecule has 0 saturated carbocycles. The van der Waals surface area contributed by atoms with E-state index in [0.717, 1.165) is 12.7 Å². The summed E-state index contributed by atoms with van der Waals surface area (Å²) in [6.45, 7) is 6.43. The minimum absolute atomic E-state index is 0.249. The molecule has 0 N–H and O–H groups in total. The third-order valence-electron chi connectivity index (χ3n) is 2.61. The molecule has 3 atom stereocenters. The second-order valence-electron chi connectivity index (χ2n) is 3.77. The van der Waals surface area contributed by atoms with E-state index in [1.54, 1.807) is 0 Å². The maximum atomic E-state index is 10.7. The lowest BCUT2D eigenvalue weighted by atomic mass is 9.76. The molecule has 1 aliphatic carbocycles. The van der Waals surface area contributed by atoms with Crippen molar-refractivity contribution < 1.29 is 4.79 Å². The summed E-state index contributed by atoms with van der Waals surface area (Å²) in [5.74, 6) is 1.22. The van der Waals surface area contributed by atoms with Crippen molar-refractivity contribution in [3.05, 3.63) is 11.6 Å². The van der Waals surface area contributed by atoms with Gasteiger partial charge < -0.3 is 4.79 Å². The van der Waals surface area contributed by atoms with Gasteiger partial charge in [0, 0.05) is 5.92 Å². The van der Waals surface area contributed by atoms with Gasteiger partial charge in [-0.1, -0.05) is 25.5 Å². The number of allylic oxidation sites excluding steroid dienone is 2. The largest absolute Gasteiger partial charge is 0.303 e. The Morgan fingerprint density at radius 3 is 2.64 bits per heavy atom. The quantitative estimate of drug-likeness (QED) is 0.416. The summed E-state index contributed by atoms with van der Waals surface area (Å²) >= 11 is 0. The lowest BCUT2D eigenvalue weighted by Gasteiger charge is -2.28. The van der Waals surface area contributed by atoms with Crippen molar-refractivity contribution in [1.29, 1.82) is 0 Å². The highest BCUT2D eigenvalue weighted by Gasteiger charge is 2.25. The van der Waals surface area contributed by atoms with E-state index >= 15 is 0 Å². The number of hydrogen-bond acceptors (Lipinski definition) is 1. The molecule has 0 aromatic heterocycles. The maximum Gasteiger partial charge on any atom is 0.123 e. The number of carbonyl (C=O) groups excluding carboxylic acids is 1. The van der Waals surface area contributed by atoms with E-state index in [9.17, 15) is 4.79 Å². The molecule has 62 valence electrons. The standard InChI is InChI=1S/C10H16O/c1-7-4-8(2)10(6-11)9(3)5-7/h4,6,8-10H,5H2,1-3H3/t8-,9+,10+/m1/s1. The van der Waals surface area contributed by atoms with Crippen molar-refractivity contribution in [3.8, 4) is 0 Å². The van der Waals surface area contributed by atoms with Crippen LogP contribution in [0.3, 0.4) is 0 Å². The normalized spacial score (nSPS) is 38.1. The molecule has 11 heavy (non-hydrogen) atoms. The Morgan fingerprint density at radius 2 is 2.18 bits per heavy atom. The first-order valence-corrected chi connectivity index (χ1v) is 4.27. The Morgan fingerprint density at radius 1 is 1.55 bits per heavy atom. The van der Waals surface area contributed by atoms with Crippen LogP contribution in [0.1, 0.15) is 27.2 Å². The van der Waals surface area contributed by atoms with Gasteiger partial charge >= 0.3 is 0 Å². The van der Waals surface area contributed by atoms with Crippen LogP contribution in [-0.4, -0.2) is 6.29 Å². The zero-order valence-electron chi connectivity index (χ0n) is 7.50. The Kier molecular flexibility index (Phi) is 2.48. The highest BCUT2D eigenvalue weighted by Crippen LogP contribution is 2.31. The molecule has 0 fully saturated rings. The maximum absolute atomic E-state index is 10.7. The SMILES string of the molecule is CC1=C[C@@H](C)[C@H](C=O)[C@@H](C)C1. The van der Waals surface area contributed by atoms with Gasteiger partial charge in [0.05, 0.1) is 0 Å². The van der Waals surface area contributed by atoms with Crippen LogP contribution in [0.4, 0.5) is 0 Å². The van der Waals surface area contributed by atoms with Crippen LogP contribution in [0.15, 0.2) is 11.6 Å². The molecule has 1 heteroatoms. The van der Waals surface area contributed by atoms with Gasteiger partial charge in [-0.25, -0.2) is 0 Å². The molecule has 0 heterocycles. The molecule has 0 spiro atoms. The second-order valence-corrected chi connectivity index (χ2v) is 3.77. The summed E-state index contributed by atoms with van der Waals surface area (Å²) in [7, 11) is 0. The lowest BCUT2D eigenvalue weighted by Crippen LogP contribution is -2.24. The predicted octanol–water partition coefficient (Wildman–Crippen LogP) is 2.42. The van der Waals surface area contributed by atoms with Gasteiger partial charge in [0.25, 0.3) is 0 Å². The van der Waals surface area contributed by atoms with Crippen LogP contribution in [0.2, 0.25) is 0 Å². The average molecular weight is 152 g/mol. The Balaban J connectivity index is 2.76. The van der Waals surface area contributed by atoms with E-state index in [1.807, 2.05) is 0 Å². The fraction of sp³-hybridized carbons (Fsp3) is 0.700. The zero-order chi connectivity index (χ0) is 8.43. The van der Waals surface area contributed by atoms with Gasteiger partial charge in [0.2, 0.25) is 0 Å². The van der Waals surface area contributed by atoms with Crippen LogP contribution >= 0.6 is 0 Å². The van der Waals surface area contributed by atoms with E-state index < -0.39 is 0 Å². The van der Waals surface area contributed by atoms with Crippen molar-refractivity contribution in [1.82, 2.24) is 0 Å². The molecule has 0 aromatic rings. The molecule has 0 bridgehead atoms. The minimum atomic E-state index is 0.249. The van der Waals surface area contributed by atoms with E-state index in [1.165, 1.54) is 5.57 Å². The molecule has 1 rings (SSSR count). The van der Waals surface area contributed by atoms with Crippen molar-refractivity contribution in [2.45, 2.75) is 27.2 Å². The second kappa shape index (κ2) is 3.21. The van der Waals surface area contributed by atoms with Gasteiger partial charge in [-0.15, -0.1) is 0 Å². The van der Waals surface area contributed by atoms with Gasteiger partial charge in [0.1, 0.15) is 6.29 Å². The molecular formula is C10H16O. The van der Waals surface area contributed by atoms with Crippen LogP contribution < -0.4 is 0 Å². The molecule has 0 amide bonds. The Labute approximate surface area is 68.5 Å². The van der Waals surface area contributed by atoms with Crippen molar-refractivity contribution in [2.75, 3.05) is 0 Å². The highest BCUT2D eigenvalue weighted by molar-refractivity contribution is 5.55. The molecule has 0 saturated heterocycles. The van der Waals surface area contributed by atoms with E-state index in [2.05, 4.69) is 26.8 Å². The Hall–Kier alpha value is -0.590. The molecule has 0 aliphatic heterocycles. The highest BCUT2D eigenvalue weighted by atomic mass is 16.1. The molecule has 1 nitrogen and oxygen atoms in total. The number of aldehydes is 1. The van der Waals surface area contributed by atoms with Crippen molar-refractivity contribution in [3.63, 3.8) is 0 Å². The van der Waals surface area contributed by atoms with Crippen LogP contribution in [0, 0.1) is 17.8 Å². The minimum Gasteiger partial charge on any atom is -0.303 e. The van der Waals surface area contributed by atoms with Gasteiger partial charge in [-0.2, -0.15) is 0 Å². The number of rotatable bonds is 1. The average Bonchev–Trinajstić information content (AvgIpc) is 1.85. The lowest BCUT2D eigenvalue weighted by molar-refractivity contribution is -0.113. The number of hydrogen-bond donors (Lipinski definition) is 0. The van der Waals surface area contributed by atoms with Crippen molar-refractivity contribution in [2.24, 2.45) is 17.8 Å². The Bertz CT molecular complexity index is 181. The summed E-state index contributed by atoms with van der Waals surface area (Å²) < 4.78 is 0. The molecule has 0 unspecified atom stereocenters. The van der Waals surface area contributed by atoms with Crippen LogP contribution in [0.5, 0.6) is 0 Å². The fourth-order valence-corrected chi connectivity index (χ4v) is 2.05. The molecule has 0 radical (unpaired) electrons. The van der Waals surface area contributed by atoms with Gasteiger partial charge in [0.15, 0.2) is 0 Å². The third-order valence-corrected chi connectivity index (χ3v) is 2.61. The summed E-state index contributed by atoms with van der Waals surface area (Å²) in [4.78, 5) is 10.7. The zero-order valence-corrected chi connectivity index (χ0v) is 7.50. The molecule has 1 aliphatic rings. The first-order chi connectivity index (χ1) is 5.15. The summed E-state index contributed by atoms with van der Waals surface area (Å²) in [6, 6.07) is 0. The predicted molar refractivity (Wildman–Crippen MR) is 46.3 cm³/mol. The number of carbonyl (C=O) groups is 1. The molecular weight excluding hydrogens is 136 g/mol. The monoisotopic (exact) mass is 152 g/mol. The topological polar surface area (TPSA) is 17.1 Å². The van der Waals surface area contributed by atoms with Gasteiger partial charge in [-0.3, -0.25) is 0 Å². The van der Waals surface area contributed by atoms with Crippen LogP contribution in [0.25, 0.3) is 0 Å². The van der Waals surface area contributed by atoms with E-state index in [4.69, 9.17) is 0 Å². The summed E-state index contributed by atoms with van der Waals surface area (Å²) in [6.07, 6.45) is 4.42. The van der Waals surface area contributed by atoms with Gasteiger partial charge in [-0.05, 0) is 25.2 Å². The van der Waals surface area contributed by atoms with E-state index in [-0.39, 0.29) is 5.92 Å². The molecule has 0 aromatic carbocycles. The fourth-order valence-electron chi connectivity index (χ4n) is 2.05. The first kappa shape index (κ1) is 8.51. The smallest absolute Gasteiger partial charge is 0.123 e. The summed E-state index contributed by atoms with van der Waals surface area (Å²) in [5, 5.41) is 0.